The van der Waals surface area contributed by atoms with Gasteiger partial charge in [0.25, 0.3) is 0 Å². The van der Waals surface area contributed by atoms with E-state index < -0.39 is 0 Å². The van der Waals surface area contributed by atoms with E-state index in [4.69, 9.17) is 4.74 Å². The van der Waals surface area contributed by atoms with E-state index in [0.717, 1.165) is 44.6 Å². The van der Waals surface area contributed by atoms with Gasteiger partial charge in [0.2, 0.25) is 0 Å². The van der Waals surface area contributed by atoms with E-state index in [9.17, 15) is 0 Å². The smallest absolute Gasteiger partial charge is 0.119 e. The van der Waals surface area contributed by atoms with E-state index in [-0.39, 0.29) is 0 Å². The summed E-state index contributed by atoms with van der Waals surface area (Å²) in [6.07, 6.45) is 4.30. The first kappa shape index (κ1) is 20.2. The number of nitrogens with one attached hydrogen (secondary N) is 1. The first-order valence-electron chi connectivity index (χ1n) is 10.4. The van der Waals surface area contributed by atoms with Crippen LogP contribution in [-0.4, -0.2) is 12.6 Å². The van der Waals surface area contributed by atoms with Gasteiger partial charge in [0, 0.05) is 12.6 Å². The van der Waals surface area contributed by atoms with Gasteiger partial charge < -0.3 is 10.1 Å². The van der Waals surface area contributed by atoms with Crippen LogP contribution < -0.4 is 10.1 Å². The zero-order chi connectivity index (χ0) is 19.4. The fourth-order valence-corrected chi connectivity index (χ4v) is 3.31. The molecule has 0 bridgehead atoms. The van der Waals surface area contributed by atoms with Crippen LogP contribution in [0.3, 0.4) is 0 Å². The Morgan fingerprint density at radius 3 is 1.82 bits per heavy atom. The normalized spacial score (nSPS) is 10.9. The van der Waals surface area contributed by atoms with Crippen molar-refractivity contribution in [2.24, 2.45) is 0 Å². The molecule has 0 aliphatic rings. The highest BCUT2D eigenvalue weighted by atomic mass is 16.5. The van der Waals surface area contributed by atoms with Crippen LogP contribution in [0.1, 0.15) is 36.5 Å². The molecule has 0 saturated carbocycles. The fraction of sp³-hybridized carbons (Fsp3) is 0.308. The summed E-state index contributed by atoms with van der Waals surface area (Å²) in [6.45, 7) is 3.84. The molecule has 1 N–H and O–H groups in total. The number of unbranched alkanes of at least 4 members (excludes halogenated alkanes) is 1. The van der Waals surface area contributed by atoms with E-state index in [1.165, 1.54) is 16.7 Å². The van der Waals surface area contributed by atoms with E-state index in [1.807, 2.05) is 0 Å². The zero-order valence-corrected chi connectivity index (χ0v) is 16.8. The Morgan fingerprint density at radius 2 is 1.29 bits per heavy atom. The summed E-state index contributed by atoms with van der Waals surface area (Å²) >= 11 is 0. The molecule has 28 heavy (non-hydrogen) atoms. The number of ether oxygens (including phenoxy) is 1. The van der Waals surface area contributed by atoms with Gasteiger partial charge in [-0.3, -0.25) is 0 Å². The Balaban J connectivity index is 1.59. The van der Waals surface area contributed by atoms with Crippen molar-refractivity contribution < 1.29 is 4.74 Å². The van der Waals surface area contributed by atoms with Gasteiger partial charge in [0.15, 0.2) is 0 Å². The van der Waals surface area contributed by atoms with Gasteiger partial charge in [-0.15, -0.1) is 0 Å². The molecule has 3 aromatic carbocycles. The van der Waals surface area contributed by atoms with E-state index >= 15 is 0 Å². The summed E-state index contributed by atoms with van der Waals surface area (Å²) in [4.78, 5) is 0. The maximum absolute atomic E-state index is 5.76. The zero-order valence-electron chi connectivity index (χ0n) is 16.8. The average Bonchev–Trinajstić information content (AvgIpc) is 2.75. The molecular formula is C26H31NO. The molecule has 0 fully saturated rings. The average molecular weight is 374 g/mol. The van der Waals surface area contributed by atoms with Crippen molar-refractivity contribution in [2.45, 2.75) is 45.2 Å². The Labute approximate surface area is 169 Å². The van der Waals surface area contributed by atoms with Crippen LogP contribution in [0.2, 0.25) is 0 Å². The lowest BCUT2D eigenvalue weighted by molar-refractivity contribution is 0.309. The SMILES string of the molecule is CCCCOc1ccc(CNC(Cc2ccccc2)Cc2ccccc2)cc1. The van der Waals surface area contributed by atoms with Gasteiger partial charge in [-0.05, 0) is 48.1 Å². The minimum Gasteiger partial charge on any atom is -0.494 e. The topological polar surface area (TPSA) is 21.3 Å². The molecule has 0 aliphatic heterocycles. The number of benzene rings is 3. The highest BCUT2D eigenvalue weighted by Crippen LogP contribution is 2.14. The Morgan fingerprint density at radius 1 is 0.714 bits per heavy atom. The summed E-state index contributed by atoms with van der Waals surface area (Å²) in [7, 11) is 0. The Bertz CT molecular complexity index is 742. The monoisotopic (exact) mass is 373 g/mol. The van der Waals surface area contributed by atoms with Gasteiger partial charge in [-0.25, -0.2) is 0 Å². The van der Waals surface area contributed by atoms with Crippen molar-refractivity contribution in [3.8, 4) is 5.75 Å². The molecule has 0 unspecified atom stereocenters. The van der Waals surface area contributed by atoms with Gasteiger partial charge in [0.05, 0.1) is 6.61 Å². The molecule has 2 nitrogen and oxygen atoms in total. The molecule has 0 heterocycles. The van der Waals surface area contributed by atoms with Gasteiger partial charge in [-0.1, -0.05) is 86.1 Å². The van der Waals surface area contributed by atoms with Gasteiger partial charge >= 0.3 is 0 Å². The second kappa shape index (κ2) is 11.3. The van der Waals surface area contributed by atoms with Gasteiger partial charge in [-0.2, -0.15) is 0 Å². The van der Waals surface area contributed by atoms with Crippen LogP contribution in [0.5, 0.6) is 5.75 Å². The summed E-state index contributed by atoms with van der Waals surface area (Å²) in [6, 6.07) is 30.3. The highest BCUT2D eigenvalue weighted by Gasteiger charge is 2.10. The first-order valence-corrected chi connectivity index (χ1v) is 10.4. The summed E-state index contributed by atoms with van der Waals surface area (Å²) in [5, 5.41) is 3.76. The Hall–Kier alpha value is -2.58. The summed E-state index contributed by atoms with van der Waals surface area (Å²) in [5.74, 6) is 0.960. The van der Waals surface area contributed by atoms with Crippen molar-refractivity contribution in [3.05, 3.63) is 102 Å². The largest absolute Gasteiger partial charge is 0.494 e. The van der Waals surface area contributed by atoms with Crippen molar-refractivity contribution in [1.29, 1.82) is 0 Å². The minimum absolute atomic E-state index is 0.394. The molecule has 0 atom stereocenters. The van der Waals surface area contributed by atoms with Crippen LogP contribution >= 0.6 is 0 Å². The standard InChI is InChI=1S/C26H31NO/c1-2-3-18-28-26-16-14-24(15-17-26)21-27-25(19-22-10-6-4-7-11-22)20-23-12-8-5-9-13-23/h4-17,25,27H,2-3,18-21H2,1H3. The third-order valence-corrected chi connectivity index (χ3v) is 4.93. The number of rotatable bonds is 11. The van der Waals surface area contributed by atoms with Crippen molar-refractivity contribution in [2.75, 3.05) is 6.61 Å². The minimum atomic E-state index is 0.394. The molecule has 3 rings (SSSR count). The molecule has 0 aliphatic carbocycles. The van der Waals surface area contributed by atoms with Crippen LogP contribution in [0, 0.1) is 0 Å². The van der Waals surface area contributed by atoms with Crippen molar-refractivity contribution >= 4 is 0 Å². The molecular weight excluding hydrogens is 342 g/mol. The second-order valence-electron chi connectivity index (χ2n) is 7.30. The predicted octanol–water partition coefficient (Wildman–Crippen LogP) is 5.81. The van der Waals surface area contributed by atoms with E-state index in [1.54, 1.807) is 0 Å². The van der Waals surface area contributed by atoms with Crippen molar-refractivity contribution in [1.82, 2.24) is 5.32 Å². The van der Waals surface area contributed by atoms with Crippen LogP contribution in [0.15, 0.2) is 84.9 Å². The highest BCUT2D eigenvalue weighted by molar-refractivity contribution is 5.27. The maximum Gasteiger partial charge on any atom is 0.119 e. The number of hydrogen-bond donors (Lipinski definition) is 1. The third kappa shape index (κ3) is 6.86. The van der Waals surface area contributed by atoms with Crippen LogP contribution in [-0.2, 0) is 19.4 Å². The second-order valence-corrected chi connectivity index (χ2v) is 7.30. The lowest BCUT2D eigenvalue weighted by atomic mass is 9.98. The molecule has 0 amide bonds. The Kier molecular flexibility index (Phi) is 8.14. The molecule has 146 valence electrons. The molecule has 0 saturated heterocycles. The quantitative estimate of drug-likeness (QED) is 0.428. The van der Waals surface area contributed by atoms with Gasteiger partial charge in [0.1, 0.15) is 5.75 Å². The maximum atomic E-state index is 5.76. The van der Waals surface area contributed by atoms with Crippen molar-refractivity contribution in [3.63, 3.8) is 0 Å². The van der Waals surface area contributed by atoms with E-state index in [0.29, 0.717) is 6.04 Å². The molecule has 0 spiro atoms. The number of hydrogen-bond acceptors (Lipinski definition) is 2. The third-order valence-electron chi connectivity index (χ3n) is 4.93. The molecule has 0 aromatic heterocycles. The molecule has 2 heteroatoms. The summed E-state index contributed by atoms with van der Waals surface area (Å²) in [5.41, 5.74) is 4.03. The lowest BCUT2D eigenvalue weighted by Crippen LogP contribution is -2.32. The first-order chi connectivity index (χ1) is 13.8. The van der Waals surface area contributed by atoms with Crippen LogP contribution in [0.4, 0.5) is 0 Å². The van der Waals surface area contributed by atoms with E-state index in [2.05, 4.69) is 97.2 Å². The summed E-state index contributed by atoms with van der Waals surface area (Å²) < 4.78 is 5.76. The van der Waals surface area contributed by atoms with Crippen LogP contribution in [0.25, 0.3) is 0 Å². The fourth-order valence-electron chi connectivity index (χ4n) is 3.31. The molecule has 0 radical (unpaired) electrons. The predicted molar refractivity (Wildman–Crippen MR) is 118 cm³/mol. The lowest BCUT2D eigenvalue weighted by Gasteiger charge is -2.19. The molecule has 3 aromatic rings.